The molecule has 0 amide bonds. The summed E-state index contributed by atoms with van der Waals surface area (Å²) < 4.78 is 38.5. The number of ether oxygens (including phenoxy) is 1. The van der Waals surface area contributed by atoms with Gasteiger partial charge in [0.25, 0.3) is 0 Å². The first kappa shape index (κ1) is 16.2. The van der Waals surface area contributed by atoms with Crippen LogP contribution in [0.25, 0.3) is 0 Å². The van der Waals surface area contributed by atoms with Gasteiger partial charge in [-0.3, -0.25) is 4.18 Å². The van der Waals surface area contributed by atoms with Gasteiger partial charge in [-0.2, -0.15) is 0 Å². The molecule has 8 heteroatoms. The van der Waals surface area contributed by atoms with Crippen LogP contribution in [0.5, 0.6) is 0 Å². The summed E-state index contributed by atoms with van der Waals surface area (Å²) in [6, 6.07) is 0. The SMILES string of the molecule is CCOC(CO)COS(=O)(=O)[O-].[Na+]. The molecule has 1 atom stereocenters. The van der Waals surface area contributed by atoms with Gasteiger partial charge in [0.15, 0.2) is 0 Å². The summed E-state index contributed by atoms with van der Waals surface area (Å²) in [7, 11) is -4.69. The molecule has 0 aromatic rings. The molecule has 0 spiro atoms. The summed E-state index contributed by atoms with van der Waals surface area (Å²) in [6.07, 6.45) is -0.765. The summed E-state index contributed by atoms with van der Waals surface area (Å²) in [6.45, 7) is 1.15. The molecule has 0 radical (unpaired) electrons. The molecule has 0 aromatic carbocycles. The van der Waals surface area contributed by atoms with Crippen LogP contribution in [-0.4, -0.2) is 44.0 Å². The maximum absolute atomic E-state index is 9.94. The standard InChI is InChI=1S/C5H12O6S.Na/c1-2-10-5(3-6)4-11-12(7,8)9;/h5-6H,2-4H2,1H3,(H,7,8,9);/q;+1/p-1. The van der Waals surface area contributed by atoms with Gasteiger partial charge in [-0.25, -0.2) is 8.42 Å². The number of aliphatic hydroxyl groups is 1. The van der Waals surface area contributed by atoms with Crippen LogP contribution >= 0.6 is 0 Å². The molecule has 0 bridgehead atoms. The quantitative estimate of drug-likeness (QED) is 0.278. The maximum atomic E-state index is 9.94. The van der Waals surface area contributed by atoms with Crippen molar-refractivity contribution in [3.63, 3.8) is 0 Å². The van der Waals surface area contributed by atoms with Crippen molar-refractivity contribution in [2.75, 3.05) is 19.8 Å². The van der Waals surface area contributed by atoms with Crippen LogP contribution in [0.2, 0.25) is 0 Å². The largest absolute Gasteiger partial charge is 1.00 e. The molecule has 0 fully saturated rings. The van der Waals surface area contributed by atoms with E-state index in [4.69, 9.17) is 9.84 Å². The molecule has 0 heterocycles. The molecule has 0 rings (SSSR count). The van der Waals surface area contributed by atoms with E-state index in [1.165, 1.54) is 0 Å². The van der Waals surface area contributed by atoms with Crippen molar-refractivity contribution in [1.29, 1.82) is 0 Å². The zero-order chi connectivity index (χ0) is 9.61. The molecule has 1 N–H and O–H groups in total. The van der Waals surface area contributed by atoms with E-state index in [9.17, 15) is 13.0 Å². The number of hydrogen-bond acceptors (Lipinski definition) is 6. The first-order valence-corrected chi connectivity index (χ1v) is 4.65. The molecule has 0 saturated heterocycles. The summed E-state index contributed by atoms with van der Waals surface area (Å²) >= 11 is 0. The molecular weight excluding hydrogens is 211 g/mol. The zero-order valence-corrected chi connectivity index (χ0v) is 10.4. The Balaban J connectivity index is 0. The second-order valence-electron chi connectivity index (χ2n) is 1.95. The third-order valence-corrected chi connectivity index (χ3v) is 1.43. The van der Waals surface area contributed by atoms with Gasteiger partial charge >= 0.3 is 29.6 Å². The molecule has 0 aromatic heterocycles. The first-order chi connectivity index (χ1) is 5.49. The average Bonchev–Trinajstić information content (AvgIpc) is 1.96. The van der Waals surface area contributed by atoms with E-state index in [1.54, 1.807) is 6.92 Å². The van der Waals surface area contributed by atoms with Crippen LogP contribution in [0.15, 0.2) is 0 Å². The van der Waals surface area contributed by atoms with Gasteiger partial charge in [-0.15, -0.1) is 0 Å². The molecule has 74 valence electrons. The van der Waals surface area contributed by atoms with Crippen molar-refractivity contribution < 1.29 is 56.6 Å². The van der Waals surface area contributed by atoms with Gasteiger partial charge in [0, 0.05) is 6.61 Å². The first-order valence-electron chi connectivity index (χ1n) is 3.32. The van der Waals surface area contributed by atoms with E-state index < -0.39 is 23.1 Å². The van der Waals surface area contributed by atoms with Crippen LogP contribution in [0, 0.1) is 0 Å². The van der Waals surface area contributed by atoms with Crippen molar-refractivity contribution >= 4 is 10.4 Å². The maximum Gasteiger partial charge on any atom is 1.00 e. The topological polar surface area (TPSA) is 95.9 Å². The fourth-order valence-corrected chi connectivity index (χ4v) is 0.867. The van der Waals surface area contributed by atoms with Gasteiger partial charge in [0.1, 0.15) is 6.10 Å². The monoisotopic (exact) mass is 222 g/mol. The minimum atomic E-state index is -4.69. The van der Waals surface area contributed by atoms with Gasteiger partial charge in [-0.1, -0.05) is 0 Å². The molecule has 1 unspecified atom stereocenters. The third kappa shape index (κ3) is 10.7. The number of rotatable bonds is 6. The Morgan fingerprint density at radius 1 is 1.54 bits per heavy atom. The Kier molecular flexibility index (Phi) is 10.1. The fourth-order valence-electron chi connectivity index (χ4n) is 0.548. The van der Waals surface area contributed by atoms with Crippen LogP contribution in [0.1, 0.15) is 6.92 Å². The Bertz CT molecular complexity index is 203. The van der Waals surface area contributed by atoms with E-state index >= 15 is 0 Å². The predicted octanol–water partition coefficient (Wildman–Crippen LogP) is -4.14. The van der Waals surface area contributed by atoms with Crippen molar-refractivity contribution in [2.45, 2.75) is 13.0 Å². The van der Waals surface area contributed by atoms with E-state index in [0.717, 1.165) is 0 Å². The average molecular weight is 222 g/mol. The molecule has 0 aliphatic rings. The van der Waals surface area contributed by atoms with Gasteiger partial charge in [0.2, 0.25) is 10.4 Å². The van der Waals surface area contributed by atoms with Gasteiger partial charge < -0.3 is 14.4 Å². The predicted molar refractivity (Wildman–Crippen MR) is 38.1 cm³/mol. The van der Waals surface area contributed by atoms with Crippen molar-refractivity contribution in [3.05, 3.63) is 0 Å². The summed E-state index contributed by atoms with van der Waals surface area (Å²) in [5.74, 6) is 0. The molecule has 0 aliphatic heterocycles. The Labute approximate surface area is 99.5 Å². The number of aliphatic hydroxyl groups excluding tert-OH is 1. The van der Waals surface area contributed by atoms with Crippen molar-refractivity contribution in [3.8, 4) is 0 Å². The summed E-state index contributed by atoms with van der Waals surface area (Å²) in [4.78, 5) is 0. The van der Waals surface area contributed by atoms with Crippen molar-refractivity contribution in [1.82, 2.24) is 0 Å². The zero-order valence-electron chi connectivity index (χ0n) is 7.60. The molecule has 13 heavy (non-hydrogen) atoms. The third-order valence-electron chi connectivity index (χ3n) is 1.00. The van der Waals surface area contributed by atoms with E-state index in [0.29, 0.717) is 6.61 Å². The van der Waals surface area contributed by atoms with Gasteiger partial charge in [-0.05, 0) is 6.92 Å². The van der Waals surface area contributed by atoms with Crippen LogP contribution in [0.3, 0.4) is 0 Å². The van der Waals surface area contributed by atoms with E-state index in [1.807, 2.05) is 0 Å². The Morgan fingerprint density at radius 3 is 2.38 bits per heavy atom. The Hall–Kier alpha value is 0.790. The van der Waals surface area contributed by atoms with E-state index in [-0.39, 0.29) is 36.2 Å². The van der Waals surface area contributed by atoms with E-state index in [2.05, 4.69) is 4.18 Å². The number of hydrogen-bond donors (Lipinski definition) is 1. The molecule has 0 saturated carbocycles. The Morgan fingerprint density at radius 2 is 2.08 bits per heavy atom. The van der Waals surface area contributed by atoms with Crippen molar-refractivity contribution in [2.24, 2.45) is 0 Å². The minimum absolute atomic E-state index is 0. The normalized spacial score (nSPS) is 13.5. The summed E-state index contributed by atoms with van der Waals surface area (Å²) in [5, 5.41) is 8.55. The second kappa shape index (κ2) is 8.13. The van der Waals surface area contributed by atoms with Crippen LogP contribution < -0.4 is 29.6 Å². The molecular formula is C5H11NaO6S. The molecule has 6 nitrogen and oxygen atoms in total. The van der Waals surface area contributed by atoms with Crippen LogP contribution in [-0.2, 0) is 19.3 Å². The second-order valence-corrected chi connectivity index (χ2v) is 3.00. The van der Waals surface area contributed by atoms with Gasteiger partial charge in [0.05, 0.1) is 13.2 Å². The summed E-state index contributed by atoms with van der Waals surface area (Å²) in [5.41, 5.74) is 0. The molecule has 0 aliphatic carbocycles. The fraction of sp³-hybridized carbons (Fsp3) is 1.00. The smallest absolute Gasteiger partial charge is 0.726 e. The minimum Gasteiger partial charge on any atom is -0.726 e. The van der Waals surface area contributed by atoms with Crippen LogP contribution in [0.4, 0.5) is 0 Å².